The number of benzene rings is 1. The first-order valence-electron chi connectivity index (χ1n) is 5.13. The molecular weight excluding hydrogens is 222 g/mol. The van der Waals surface area contributed by atoms with E-state index in [4.69, 9.17) is 10.8 Å². The fourth-order valence-electron chi connectivity index (χ4n) is 1.47. The van der Waals surface area contributed by atoms with E-state index in [1.165, 1.54) is 0 Å². The molecule has 0 saturated carbocycles. The Labute approximate surface area is 100 Å². The molecule has 0 heterocycles. The van der Waals surface area contributed by atoms with Gasteiger partial charge in [0.05, 0.1) is 0 Å². The molecule has 0 bridgehead atoms. The fourth-order valence-corrected chi connectivity index (χ4v) is 2.66. The van der Waals surface area contributed by atoms with Gasteiger partial charge in [-0.25, -0.2) is 0 Å². The van der Waals surface area contributed by atoms with Crippen molar-refractivity contribution < 1.29 is 9.90 Å². The first-order chi connectivity index (χ1) is 7.41. The van der Waals surface area contributed by atoms with Gasteiger partial charge in [-0.15, -0.1) is 11.8 Å². The van der Waals surface area contributed by atoms with Crippen molar-refractivity contribution in [3.05, 3.63) is 30.3 Å². The van der Waals surface area contributed by atoms with Crippen LogP contribution in [0, 0.1) is 0 Å². The third-order valence-corrected chi connectivity index (χ3v) is 3.39. The van der Waals surface area contributed by atoms with E-state index in [9.17, 15) is 4.79 Å². The van der Waals surface area contributed by atoms with Gasteiger partial charge >= 0.3 is 5.97 Å². The van der Waals surface area contributed by atoms with E-state index in [1.54, 1.807) is 11.8 Å². The topological polar surface area (TPSA) is 63.3 Å². The van der Waals surface area contributed by atoms with Crippen LogP contribution >= 0.6 is 11.8 Å². The van der Waals surface area contributed by atoms with Crippen molar-refractivity contribution >= 4 is 17.7 Å². The summed E-state index contributed by atoms with van der Waals surface area (Å²) in [4.78, 5) is 11.8. The van der Waals surface area contributed by atoms with Crippen LogP contribution in [-0.4, -0.2) is 21.9 Å². The lowest BCUT2D eigenvalue weighted by Crippen LogP contribution is -2.36. The molecule has 1 aromatic rings. The summed E-state index contributed by atoms with van der Waals surface area (Å²) in [5.41, 5.74) is 5.54. The highest BCUT2D eigenvalue weighted by Gasteiger charge is 2.26. The average molecular weight is 239 g/mol. The summed E-state index contributed by atoms with van der Waals surface area (Å²) in [5.74, 6) is -0.943. The summed E-state index contributed by atoms with van der Waals surface area (Å²) in [7, 11) is 0. The highest BCUT2D eigenvalue weighted by molar-refractivity contribution is 8.00. The minimum Gasteiger partial charge on any atom is -0.480 e. The maximum absolute atomic E-state index is 10.7. The number of nitrogens with two attached hydrogens (primary N) is 1. The average Bonchev–Trinajstić information content (AvgIpc) is 2.17. The molecule has 88 valence electrons. The van der Waals surface area contributed by atoms with Gasteiger partial charge in [0.1, 0.15) is 6.04 Å². The molecule has 3 N–H and O–H groups in total. The van der Waals surface area contributed by atoms with E-state index >= 15 is 0 Å². The van der Waals surface area contributed by atoms with Gasteiger partial charge in [0.15, 0.2) is 0 Å². The number of carboxylic acids is 1. The van der Waals surface area contributed by atoms with E-state index < -0.39 is 12.0 Å². The Kier molecular flexibility index (Phi) is 4.38. The normalized spacial score (nSPS) is 13.4. The highest BCUT2D eigenvalue weighted by Crippen LogP contribution is 2.35. The summed E-state index contributed by atoms with van der Waals surface area (Å²) < 4.78 is -0.181. The monoisotopic (exact) mass is 239 g/mol. The number of aliphatic carboxylic acids is 1. The van der Waals surface area contributed by atoms with Gasteiger partial charge in [-0.05, 0) is 18.6 Å². The molecule has 0 aromatic heterocycles. The maximum Gasteiger partial charge on any atom is 0.320 e. The number of hydrogen-bond donors (Lipinski definition) is 2. The molecule has 0 aliphatic heterocycles. The van der Waals surface area contributed by atoms with Crippen LogP contribution in [0.15, 0.2) is 35.2 Å². The summed E-state index contributed by atoms with van der Waals surface area (Å²) in [6.07, 6.45) is 0.446. The van der Waals surface area contributed by atoms with Crippen molar-refractivity contribution in [1.82, 2.24) is 0 Å². The lowest BCUT2D eigenvalue weighted by molar-refractivity contribution is -0.138. The van der Waals surface area contributed by atoms with Crippen LogP contribution in [-0.2, 0) is 4.79 Å². The fraction of sp³-hybridized carbons (Fsp3) is 0.417. The first-order valence-corrected chi connectivity index (χ1v) is 5.95. The molecular formula is C12H17NO2S. The van der Waals surface area contributed by atoms with Crippen LogP contribution in [0.25, 0.3) is 0 Å². The lowest BCUT2D eigenvalue weighted by Gasteiger charge is -2.25. The maximum atomic E-state index is 10.7. The second-order valence-corrected chi connectivity index (χ2v) is 6.10. The minimum absolute atomic E-state index is 0.181. The number of thioether (sulfide) groups is 1. The summed E-state index contributed by atoms with van der Waals surface area (Å²) >= 11 is 1.65. The van der Waals surface area contributed by atoms with Crippen LogP contribution in [0.1, 0.15) is 20.3 Å². The standard InChI is InChI=1S/C12H17NO2S/c1-12(2,8-10(13)11(14)15)16-9-6-4-3-5-7-9/h3-7,10H,8,13H2,1-2H3,(H,14,15). The molecule has 1 atom stereocenters. The molecule has 0 saturated heterocycles. The van der Waals surface area contributed by atoms with Crippen LogP contribution in [0.4, 0.5) is 0 Å². The van der Waals surface area contributed by atoms with Crippen molar-refractivity contribution in [2.24, 2.45) is 5.73 Å². The molecule has 0 aliphatic carbocycles. The van der Waals surface area contributed by atoms with Crippen molar-refractivity contribution in [2.45, 2.75) is 36.0 Å². The third-order valence-electron chi connectivity index (χ3n) is 2.17. The molecule has 0 amide bonds. The summed E-state index contributed by atoms with van der Waals surface area (Å²) in [6, 6.07) is 9.12. The van der Waals surface area contributed by atoms with E-state index in [1.807, 2.05) is 44.2 Å². The smallest absolute Gasteiger partial charge is 0.320 e. The van der Waals surface area contributed by atoms with Gasteiger partial charge in [-0.1, -0.05) is 32.0 Å². The van der Waals surface area contributed by atoms with Crippen LogP contribution in [0.5, 0.6) is 0 Å². The van der Waals surface area contributed by atoms with Gasteiger partial charge in [-0.3, -0.25) is 4.79 Å². The Morgan fingerprint density at radius 1 is 1.44 bits per heavy atom. The molecule has 4 heteroatoms. The molecule has 0 spiro atoms. The quantitative estimate of drug-likeness (QED) is 0.774. The van der Waals surface area contributed by atoms with Gasteiger partial charge in [-0.2, -0.15) is 0 Å². The van der Waals surface area contributed by atoms with Crippen molar-refractivity contribution in [2.75, 3.05) is 0 Å². The predicted octanol–water partition coefficient (Wildman–Crippen LogP) is 2.36. The highest BCUT2D eigenvalue weighted by atomic mass is 32.2. The Bertz CT molecular complexity index is 351. The van der Waals surface area contributed by atoms with Crippen molar-refractivity contribution in [3.63, 3.8) is 0 Å². The Morgan fingerprint density at radius 3 is 2.50 bits per heavy atom. The zero-order valence-electron chi connectivity index (χ0n) is 9.51. The Morgan fingerprint density at radius 2 is 2.00 bits per heavy atom. The van der Waals surface area contributed by atoms with E-state index in [2.05, 4.69) is 0 Å². The van der Waals surface area contributed by atoms with E-state index in [0.717, 1.165) is 4.90 Å². The molecule has 16 heavy (non-hydrogen) atoms. The molecule has 3 nitrogen and oxygen atoms in total. The first kappa shape index (κ1) is 13.1. The van der Waals surface area contributed by atoms with Crippen LogP contribution in [0.2, 0.25) is 0 Å². The molecule has 0 radical (unpaired) electrons. The van der Waals surface area contributed by atoms with E-state index in [0.29, 0.717) is 6.42 Å². The zero-order valence-corrected chi connectivity index (χ0v) is 10.3. The second-order valence-electron chi connectivity index (χ2n) is 4.32. The third kappa shape index (κ3) is 4.24. The number of hydrogen-bond acceptors (Lipinski definition) is 3. The van der Waals surface area contributed by atoms with Gasteiger partial charge in [0, 0.05) is 9.64 Å². The summed E-state index contributed by atoms with van der Waals surface area (Å²) in [6.45, 7) is 4.01. The predicted molar refractivity (Wildman–Crippen MR) is 66.6 cm³/mol. The summed E-state index contributed by atoms with van der Waals surface area (Å²) in [5, 5.41) is 8.78. The number of carboxylic acid groups (broad SMARTS) is 1. The van der Waals surface area contributed by atoms with Crippen molar-refractivity contribution in [3.8, 4) is 0 Å². The Hall–Kier alpha value is -1.00. The van der Waals surface area contributed by atoms with Crippen LogP contribution in [0.3, 0.4) is 0 Å². The number of carbonyl (C=O) groups is 1. The molecule has 1 rings (SSSR count). The Balaban J connectivity index is 2.61. The SMILES string of the molecule is CC(C)(CC(N)C(=O)O)Sc1ccccc1. The molecule has 0 aliphatic rings. The molecule has 1 unspecified atom stereocenters. The van der Waals surface area contributed by atoms with Crippen LogP contribution < -0.4 is 5.73 Å². The molecule has 0 fully saturated rings. The van der Waals surface area contributed by atoms with E-state index in [-0.39, 0.29) is 4.75 Å². The van der Waals surface area contributed by atoms with Crippen molar-refractivity contribution in [1.29, 1.82) is 0 Å². The van der Waals surface area contributed by atoms with Gasteiger partial charge in [0.25, 0.3) is 0 Å². The lowest BCUT2D eigenvalue weighted by atomic mass is 10.0. The molecule has 1 aromatic carbocycles. The van der Waals surface area contributed by atoms with Gasteiger partial charge < -0.3 is 10.8 Å². The van der Waals surface area contributed by atoms with Gasteiger partial charge in [0.2, 0.25) is 0 Å². The second kappa shape index (κ2) is 5.37. The number of rotatable bonds is 5. The zero-order chi connectivity index (χ0) is 12.2. The largest absolute Gasteiger partial charge is 0.480 e. The minimum atomic E-state index is -0.943.